The summed E-state index contributed by atoms with van der Waals surface area (Å²) >= 11 is 0. The fourth-order valence-electron chi connectivity index (χ4n) is 4.48. The molecule has 0 aromatic heterocycles. The van der Waals surface area contributed by atoms with Crippen molar-refractivity contribution in [2.45, 2.75) is 13.8 Å². The molecule has 0 heterocycles. The van der Waals surface area contributed by atoms with Gasteiger partial charge in [-0.3, -0.25) is 0 Å². The fraction of sp³-hybridized carbons (Fsp3) is 0.0714. The number of benzene rings is 5. The fourth-order valence-corrected chi connectivity index (χ4v) is 12.8. The monoisotopic (exact) mass is 452 g/mol. The van der Waals surface area contributed by atoms with E-state index in [1.807, 2.05) is 48.5 Å². The molecule has 2 N–H and O–H groups in total. The van der Waals surface area contributed by atoms with Gasteiger partial charge in [-0.25, -0.2) is 0 Å². The van der Waals surface area contributed by atoms with Crippen molar-refractivity contribution >= 4 is 54.0 Å². The summed E-state index contributed by atoms with van der Waals surface area (Å²) in [7, 11) is -1.88. The highest BCUT2D eigenvalue weighted by molar-refractivity contribution is 7.99. The Hall–Kier alpha value is -3.13. The summed E-state index contributed by atoms with van der Waals surface area (Å²) < 4.78 is 0. The number of aryl methyl sites for hydroxylation is 1. The molecule has 0 unspecified atom stereocenters. The molecule has 0 spiro atoms. The molecule has 32 heavy (non-hydrogen) atoms. The van der Waals surface area contributed by atoms with Crippen LogP contribution in [0.5, 0.6) is 11.5 Å². The Morgan fingerprint density at radius 2 is 1.12 bits per heavy atom. The predicted octanol–water partition coefficient (Wildman–Crippen LogP) is 4.86. The van der Waals surface area contributed by atoms with Gasteiger partial charge >= 0.3 is 0 Å². The molecule has 0 aliphatic rings. The lowest BCUT2D eigenvalue weighted by Gasteiger charge is -2.25. The Bertz CT molecular complexity index is 1380. The highest BCUT2D eigenvalue weighted by Crippen LogP contribution is 2.43. The molecular weight excluding hydrogens is 427 g/mol. The van der Waals surface area contributed by atoms with E-state index >= 15 is 0 Å². The molecule has 0 aliphatic heterocycles. The Morgan fingerprint density at radius 1 is 0.594 bits per heavy atom. The standard InChI is InChI=1S/C28H25O2PSi/c1-18-8-7-13-26(19(18)2)32-31(27-22-11-5-3-9-20(22)14-16-24(27)29)28-23-12-6-4-10-21(23)15-17-25(28)30/h3-17,29-30H,32H2,1-2H3. The summed E-state index contributed by atoms with van der Waals surface area (Å²) in [6.45, 7) is 4.34. The van der Waals surface area contributed by atoms with Crippen LogP contribution in [-0.2, 0) is 0 Å². The first-order chi connectivity index (χ1) is 15.5. The van der Waals surface area contributed by atoms with Gasteiger partial charge in [0.15, 0.2) is 0 Å². The number of phenols is 2. The summed E-state index contributed by atoms with van der Waals surface area (Å²) in [6, 6.07) is 30.6. The Labute approximate surface area is 191 Å². The van der Waals surface area contributed by atoms with E-state index in [-0.39, 0.29) is 0 Å². The maximum Gasteiger partial charge on any atom is 0.123 e. The number of phenolic OH excluding ortho intramolecular Hbond substituents is 2. The summed E-state index contributed by atoms with van der Waals surface area (Å²) in [5.74, 6) is 0.639. The quantitative estimate of drug-likeness (QED) is 0.302. The number of fused-ring (bicyclic) bond motifs is 2. The molecule has 5 aromatic rings. The van der Waals surface area contributed by atoms with Crippen molar-refractivity contribution in [2.75, 3.05) is 0 Å². The van der Waals surface area contributed by atoms with E-state index in [1.165, 1.54) is 16.3 Å². The van der Waals surface area contributed by atoms with Crippen LogP contribution in [0, 0.1) is 13.8 Å². The van der Waals surface area contributed by atoms with Crippen LogP contribution in [0.2, 0.25) is 0 Å². The zero-order valence-corrected chi connectivity index (χ0v) is 20.5. The Kier molecular flexibility index (Phi) is 5.46. The summed E-state index contributed by atoms with van der Waals surface area (Å²) in [5.41, 5.74) is 2.61. The molecule has 0 saturated carbocycles. The molecule has 0 amide bonds. The average molecular weight is 453 g/mol. The van der Waals surface area contributed by atoms with Gasteiger partial charge in [0, 0.05) is 10.6 Å². The summed E-state index contributed by atoms with van der Waals surface area (Å²) in [6.07, 6.45) is 0. The lowest BCUT2D eigenvalue weighted by Crippen LogP contribution is -2.27. The minimum absolute atomic E-state index is 0.319. The van der Waals surface area contributed by atoms with E-state index in [1.54, 1.807) is 0 Å². The van der Waals surface area contributed by atoms with Crippen molar-refractivity contribution in [2.24, 2.45) is 0 Å². The molecule has 0 fully saturated rings. The molecular formula is C28H25O2PSi. The molecule has 5 aromatic carbocycles. The van der Waals surface area contributed by atoms with Gasteiger partial charge in [0.05, 0.1) is 9.19 Å². The summed E-state index contributed by atoms with van der Waals surface area (Å²) in [5, 5.41) is 30.0. The number of rotatable bonds is 4. The highest BCUT2D eigenvalue weighted by Gasteiger charge is 2.26. The zero-order valence-electron chi connectivity index (χ0n) is 18.2. The number of hydrogen-bond acceptors (Lipinski definition) is 2. The zero-order chi connectivity index (χ0) is 22.2. The molecule has 2 nitrogen and oxygen atoms in total. The Morgan fingerprint density at radius 3 is 1.69 bits per heavy atom. The van der Waals surface area contributed by atoms with Gasteiger partial charge in [0.1, 0.15) is 11.5 Å². The first-order valence-electron chi connectivity index (χ1n) is 10.8. The molecule has 0 atom stereocenters. The van der Waals surface area contributed by atoms with E-state index in [2.05, 4.69) is 56.3 Å². The summed E-state index contributed by atoms with van der Waals surface area (Å²) in [4.78, 5) is 0. The minimum Gasteiger partial charge on any atom is -0.507 e. The van der Waals surface area contributed by atoms with Crippen molar-refractivity contribution in [3.05, 3.63) is 102 Å². The van der Waals surface area contributed by atoms with Crippen LogP contribution < -0.4 is 15.8 Å². The lowest BCUT2D eigenvalue weighted by atomic mass is 10.1. The SMILES string of the molecule is Cc1cccc([SiH2]P(c2c(O)ccc3ccccc23)c2c(O)ccc3ccccc23)c1C. The second kappa shape index (κ2) is 8.42. The second-order valence-electron chi connectivity index (χ2n) is 8.25. The van der Waals surface area contributed by atoms with Crippen LogP contribution >= 0.6 is 7.47 Å². The molecule has 0 radical (unpaired) electrons. The first kappa shape index (κ1) is 20.8. The van der Waals surface area contributed by atoms with Gasteiger partial charge in [-0.2, -0.15) is 0 Å². The number of aromatic hydroxyl groups is 2. The number of hydrogen-bond donors (Lipinski definition) is 2. The minimum atomic E-state index is -0.958. The van der Waals surface area contributed by atoms with Crippen LogP contribution in [-0.4, -0.2) is 19.4 Å². The largest absolute Gasteiger partial charge is 0.507 e. The Balaban J connectivity index is 1.84. The second-order valence-corrected chi connectivity index (χ2v) is 13.9. The molecule has 4 heteroatoms. The van der Waals surface area contributed by atoms with Crippen molar-refractivity contribution in [3.63, 3.8) is 0 Å². The molecule has 5 rings (SSSR count). The normalized spacial score (nSPS) is 11.8. The third-order valence-electron chi connectivity index (χ3n) is 6.34. The maximum absolute atomic E-state index is 11.2. The lowest BCUT2D eigenvalue weighted by molar-refractivity contribution is 0.480. The highest BCUT2D eigenvalue weighted by atomic mass is 31.4. The van der Waals surface area contributed by atoms with Crippen LogP contribution in [0.3, 0.4) is 0 Å². The smallest absolute Gasteiger partial charge is 0.123 e. The van der Waals surface area contributed by atoms with Crippen LogP contribution in [0.4, 0.5) is 0 Å². The molecule has 158 valence electrons. The van der Waals surface area contributed by atoms with Crippen molar-refractivity contribution in [1.82, 2.24) is 0 Å². The van der Waals surface area contributed by atoms with E-state index in [9.17, 15) is 10.2 Å². The van der Waals surface area contributed by atoms with Crippen LogP contribution in [0.25, 0.3) is 21.5 Å². The van der Waals surface area contributed by atoms with Crippen LogP contribution in [0.15, 0.2) is 91.0 Å². The van der Waals surface area contributed by atoms with Gasteiger partial charge in [0.2, 0.25) is 0 Å². The molecule has 0 saturated heterocycles. The van der Waals surface area contributed by atoms with Gasteiger partial charge in [-0.1, -0.05) is 91.5 Å². The van der Waals surface area contributed by atoms with Gasteiger partial charge in [-0.15, -0.1) is 0 Å². The predicted molar refractivity (Wildman–Crippen MR) is 142 cm³/mol. The molecule has 0 aliphatic carbocycles. The van der Waals surface area contributed by atoms with Gasteiger partial charge in [0.25, 0.3) is 0 Å². The van der Waals surface area contributed by atoms with E-state index < -0.39 is 16.7 Å². The van der Waals surface area contributed by atoms with E-state index in [4.69, 9.17) is 0 Å². The third kappa shape index (κ3) is 3.58. The van der Waals surface area contributed by atoms with Crippen molar-refractivity contribution in [1.29, 1.82) is 0 Å². The van der Waals surface area contributed by atoms with Gasteiger partial charge in [-0.05, 0) is 58.7 Å². The van der Waals surface area contributed by atoms with Crippen molar-refractivity contribution < 1.29 is 10.2 Å². The van der Waals surface area contributed by atoms with Crippen molar-refractivity contribution in [3.8, 4) is 11.5 Å². The van der Waals surface area contributed by atoms with E-state index in [0.717, 1.165) is 32.2 Å². The van der Waals surface area contributed by atoms with Crippen LogP contribution in [0.1, 0.15) is 11.1 Å². The first-order valence-corrected chi connectivity index (χ1v) is 14.9. The third-order valence-corrected chi connectivity index (χ3v) is 13.7. The van der Waals surface area contributed by atoms with E-state index in [0.29, 0.717) is 11.5 Å². The average Bonchev–Trinajstić information content (AvgIpc) is 2.81. The maximum atomic E-state index is 11.2. The molecule has 0 bridgehead atoms. The topological polar surface area (TPSA) is 40.5 Å². The van der Waals surface area contributed by atoms with Gasteiger partial charge < -0.3 is 10.2 Å².